The molecule has 0 bridgehead atoms. The molecule has 17 heavy (non-hydrogen) atoms. The lowest BCUT2D eigenvalue weighted by molar-refractivity contribution is 0.760. The minimum Gasteiger partial charge on any atom is -0.367 e. The fourth-order valence-corrected chi connectivity index (χ4v) is 1.94. The Morgan fingerprint density at radius 2 is 2.12 bits per heavy atom. The Labute approximate surface area is 102 Å². The van der Waals surface area contributed by atoms with E-state index in [4.69, 9.17) is 5.84 Å². The number of nitrogens with one attached hydrogen (secondary N) is 2. The topological polar surface area (TPSA) is 75.9 Å². The minimum absolute atomic E-state index is 0.296. The molecule has 0 amide bonds. The summed E-state index contributed by atoms with van der Waals surface area (Å²) in [5, 5.41) is 3.44. The van der Waals surface area contributed by atoms with Gasteiger partial charge >= 0.3 is 0 Å². The first kappa shape index (κ1) is 12.1. The van der Waals surface area contributed by atoms with Gasteiger partial charge in [0.2, 0.25) is 0 Å². The van der Waals surface area contributed by atoms with Gasteiger partial charge in [-0.25, -0.2) is 15.8 Å². The maximum Gasteiger partial charge on any atom is 0.145 e. The highest BCUT2D eigenvalue weighted by Gasteiger charge is 2.35. The third kappa shape index (κ3) is 2.85. The van der Waals surface area contributed by atoms with E-state index in [0.29, 0.717) is 17.8 Å². The van der Waals surface area contributed by atoms with Crippen LogP contribution < -0.4 is 16.6 Å². The summed E-state index contributed by atoms with van der Waals surface area (Å²) in [6.07, 6.45) is 2.46. The Balaban J connectivity index is 2.13. The van der Waals surface area contributed by atoms with Crippen molar-refractivity contribution in [1.82, 2.24) is 9.97 Å². The molecule has 5 heteroatoms. The molecule has 1 aliphatic carbocycles. The Hall–Kier alpha value is -1.36. The van der Waals surface area contributed by atoms with Crippen molar-refractivity contribution in [2.45, 2.75) is 45.6 Å². The number of rotatable bonds is 5. The number of hydrazine groups is 1. The van der Waals surface area contributed by atoms with E-state index < -0.39 is 0 Å². The van der Waals surface area contributed by atoms with Gasteiger partial charge in [0.1, 0.15) is 17.5 Å². The monoisotopic (exact) mass is 235 g/mol. The van der Waals surface area contributed by atoms with Crippen molar-refractivity contribution in [3.05, 3.63) is 11.9 Å². The molecular weight excluding hydrogens is 214 g/mol. The van der Waals surface area contributed by atoms with Crippen LogP contribution in [0.4, 0.5) is 11.6 Å². The second-order valence-electron chi connectivity index (χ2n) is 4.95. The average molecular weight is 235 g/mol. The summed E-state index contributed by atoms with van der Waals surface area (Å²) in [7, 11) is 0. The van der Waals surface area contributed by atoms with E-state index in [1.807, 2.05) is 6.07 Å². The smallest absolute Gasteiger partial charge is 0.145 e. The van der Waals surface area contributed by atoms with Gasteiger partial charge in [0.25, 0.3) is 0 Å². The molecular formula is C12H21N5. The molecule has 4 N–H and O–H groups in total. The van der Waals surface area contributed by atoms with E-state index in [2.05, 4.69) is 41.5 Å². The lowest BCUT2D eigenvalue weighted by Crippen LogP contribution is -2.14. The minimum atomic E-state index is 0.296. The van der Waals surface area contributed by atoms with E-state index in [-0.39, 0.29) is 0 Å². The van der Waals surface area contributed by atoms with E-state index >= 15 is 0 Å². The van der Waals surface area contributed by atoms with Crippen molar-refractivity contribution in [1.29, 1.82) is 0 Å². The van der Waals surface area contributed by atoms with Gasteiger partial charge in [-0.2, -0.15) is 0 Å². The molecule has 0 aliphatic heterocycles. The summed E-state index contributed by atoms with van der Waals surface area (Å²) < 4.78 is 0. The van der Waals surface area contributed by atoms with Gasteiger partial charge in [0.05, 0.1) is 0 Å². The van der Waals surface area contributed by atoms with Gasteiger partial charge in [-0.15, -0.1) is 0 Å². The normalized spacial score (nSPS) is 22.6. The second kappa shape index (κ2) is 4.87. The number of nitrogens with zero attached hydrogens (tertiary/aromatic N) is 2. The van der Waals surface area contributed by atoms with Crippen LogP contribution in [-0.2, 0) is 0 Å². The molecule has 1 aromatic rings. The summed E-state index contributed by atoms with van der Waals surface area (Å²) in [5.74, 6) is 8.86. The molecule has 5 nitrogen and oxygen atoms in total. The molecule has 94 valence electrons. The summed E-state index contributed by atoms with van der Waals surface area (Å²) >= 11 is 0. The van der Waals surface area contributed by atoms with Crippen LogP contribution in [0.5, 0.6) is 0 Å². The highest BCUT2D eigenvalue weighted by atomic mass is 15.3. The van der Waals surface area contributed by atoms with Gasteiger partial charge in [-0.3, -0.25) is 0 Å². The largest absolute Gasteiger partial charge is 0.367 e. The fourth-order valence-electron chi connectivity index (χ4n) is 1.94. The van der Waals surface area contributed by atoms with Crippen molar-refractivity contribution in [3.8, 4) is 0 Å². The summed E-state index contributed by atoms with van der Waals surface area (Å²) in [6.45, 7) is 6.37. The maximum absolute atomic E-state index is 5.42. The van der Waals surface area contributed by atoms with E-state index in [9.17, 15) is 0 Å². The lowest BCUT2D eigenvalue weighted by atomic mass is 10.2. The van der Waals surface area contributed by atoms with Crippen LogP contribution in [0.2, 0.25) is 0 Å². The number of hydrogen-bond donors (Lipinski definition) is 3. The third-order valence-corrected chi connectivity index (χ3v) is 3.19. The second-order valence-corrected chi connectivity index (χ2v) is 4.95. The van der Waals surface area contributed by atoms with Gasteiger partial charge in [0.15, 0.2) is 0 Å². The van der Waals surface area contributed by atoms with Crippen LogP contribution in [-0.4, -0.2) is 16.0 Å². The quantitative estimate of drug-likeness (QED) is 0.538. The van der Waals surface area contributed by atoms with Crippen molar-refractivity contribution in [2.24, 2.45) is 11.8 Å². The highest BCUT2D eigenvalue weighted by Crippen LogP contribution is 2.36. The van der Waals surface area contributed by atoms with Crippen molar-refractivity contribution >= 4 is 11.6 Å². The first-order valence-electron chi connectivity index (χ1n) is 6.26. The number of nitrogens with two attached hydrogens (primary N) is 1. The molecule has 0 spiro atoms. The molecule has 1 heterocycles. The fraction of sp³-hybridized carbons (Fsp3) is 0.667. The van der Waals surface area contributed by atoms with Gasteiger partial charge < -0.3 is 10.7 Å². The van der Waals surface area contributed by atoms with Crippen molar-refractivity contribution in [2.75, 3.05) is 10.7 Å². The van der Waals surface area contributed by atoms with Crippen LogP contribution in [0, 0.1) is 5.92 Å². The molecule has 0 radical (unpaired) electrons. The van der Waals surface area contributed by atoms with E-state index in [0.717, 1.165) is 17.6 Å². The third-order valence-electron chi connectivity index (χ3n) is 3.19. The Morgan fingerprint density at radius 3 is 2.65 bits per heavy atom. The standard InChI is InChI=1S/C12H21N5/c1-4-8-5-9(8)14-10-6-11(17-13)16-12(15-10)7(2)3/h6-9H,4-5,13H2,1-3H3,(H2,14,15,16,17). The molecule has 2 unspecified atom stereocenters. The van der Waals surface area contributed by atoms with Crippen molar-refractivity contribution < 1.29 is 0 Å². The predicted octanol–water partition coefficient (Wildman–Crippen LogP) is 2.10. The number of hydrogen-bond acceptors (Lipinski definition) is 5. The zero-order valence-electron chi connectivity index (χ0n) is 10.7. The number of aromatic nitrogens is 2. The first-order valence-corrected chi connectivity index (χ1v) is 6.26. The molecule has 1 saturated carbocycles. The lowest BCUT2D eigenvalue weighted by Gasteiger charge is -2.11. The zero-order valence-corrected chi connectivity index (χ0v) is 10.7. The first-order chi connectivity index (χ1) is 8.13. The molecule has 2 atom stereocenters. The van der Waals surface area contributed by atoms with Crippen molar-refractivity contribution in [3.63, 3.8) is 0 Å². The summed E-state index contributed by atoms with van der Waals surface area (Å²) in [6, 6.07) is 2.43. The molecule has 2 rings (SSSR count). The van der Waals surface area contributed by atoms with Gasteiger partial charge in [0, 0.05) is 18.0 Å². The van der Waals surface area contributed by atoms with Crippen LogP contribution in [0.3, 0.4) is 0 Å². The van der Waals surface area contributed by atoms with Crippen LogP contribution in [0.1, 0.15) is 45.4 Å². The maximum atomic E-state index is 5.42. The Bertz CT molecular complexity index is 390. The Morgan fingerprint density at radius 1 is 1.41 bits per heavy atom. The summed E-state index contributed by atoms with van der Waals surface area (Å²) in [4.78, 5) is 8.84. The molecule has 0 saturated heterocycles. The SMILES string of the molecule is CCC1CC1Nc1cc(NN)nc(C(C)C)n1. The van der Waals surface area contributed by atoms with Gasteiger partial charge in [-0.1, -0.05) is 27.2 Å². The molecule has 0 aromatic carbocycles. The summed E-state index contributed by atoms with van der Waals surface area (Å²) in [5.41, 5.74) is 2.59. The molecule has 1 aromatic heterocycles. The van der Waals surface area contributed by atoms with Crippen LogP contribution in [0.25, 0.3) is 0 Å². The van der Waals surface area contributed by atoms with E-state index in [1.54, 1.807) is 0 Å². The molecule has 1 aliphatic rings. The highest BCUT2D eigenvalue weighted by molar-refractivity contribution is 5.48. The zero-order chi connectivity index (χ0) is 12.4. The van der Waals surface area contributed by atoms with Crippen LogP contribution >= 0.6 is 0 Å². The van der Waals surface area contributed by atoms with Gasteiger partial charge in [-0.05, 0) is 12.3 Å². The van der Waals surface area contributed by atoms with Crippen LogP contribution in [0.15, 0.2) is 6.07 Å². The average Bonchev–Trinajstić information content (AvgIpc) is 3.06. The number of nitrogen functional groups attached to an aromatic ring is 1. The van der Waals surface area contributed by atoms with E-state index in [1.165, 1.54) is 12.8 Å². The number of anilines is 2. The predicted molar refractivity (Wildman–Crippen MR) is 69.7 cm³/mol. The molecule has 1 fully saturated rings. The Kier molecular flexibility index (Phi) is 3.47.